The van der Waals surface area contributed by atoms with Crippen molar-refractivity contribution in [3.63, 3.8) is 0 Å². The zero-order valence-corrected chi connectivity index (χ0v) is 17.0. The van der Waals surface area contributed by atoms with Gasteiger partial charge < -0.3 is 10.1 Å². The number of fused-ring (bicyclic) bond motifs is 1. The number of hydrogen-bond acceptors (Lipinski definition) is 3. The number of benzene rings is 2. The van der Waals surface area contributed by atoms with Gasteiger partial charge in [-0.1, -0.05) is 19.1 Å². The van der Waals surface area contributed by atoms with Crippen molar-refractivity contribution >= 4 is 22.5 Å². The van der Waals surface area contributed by atoms with Crippen LogP contribution in [0.2, 0.25) is 0 Å². The maximum atomic E-state index is 12.6. The molecular weight excluding hydrogens is 360 g/mol. The van der Waals surface area contributed by atoms with Crippen LogP contribution in [0.15, 0.2) is 54.6 Å². The molecule has 4 nitrogen and oxygen atoms in total. The molecule has 0 fully saturated rings. The van der Waals surface area contributed by atoms with Gasteiger partial charge in [0.2, 0.25) is 0 Å². The fraction of sp³-hybridized carbons (Fsp3) is 0.280. The molecule has 0 saturated carbocycles. The molecule has 0 aliphatic rings. The standard InChI is InChI=1S/C25H26N2O2/c1-3-4-5-6-7-8-16-29-23-11-9-10-22(18-23)27-25(28)21-14-15-24-20(17-21)13-12-19(2)26-24/h9-15,17-18H,3-4,7-8,16H2,1-2H3,(H,27,28). The number of nitrogens with one attached hydrogen (secondary N) is 1. The number of unbranched alkanes of at least 4 members (excludes halogenated alkanes) is 2. The summed E-state index contributed by atoms with van der Waals surface area (Å²) in [5, 5.41) is 3.88. The van der Waals surface area contributed by atoms with Crippen LogP contribution in [-0.2, 0) is 0 Å². The average molecular weight is 386 g/mol. The highest BCUT2D eigenvalue weighted by Gasteiger charge is 2.08. The van der Waals surface area contributed by atoms with E-state index in [0.29, 0.717) is 17.9 Å². The van der Waals surface area contributed by atoms with E-state index in [4.69, 9.17) is 4.74 Å². The van der Waals surface area contributed by atoms with Crippen LogP contribution in [-0.4, -0.2) is 17.5 Å². The molecule has 3 aromatic rings. The largest absolute Gasteiger partial charge is 0.493 e. The van der Waals surface area contributed by atoms with E-state index in [2.05, 4.69) is 29.1 Å². The number of carbonyl (C=O) groups is 1. The van der Waals surface area contributed by atoms with Gasteiger partial charge in [-0.15, -0.1) is 11.8 Å². The first-order valence-electron chi connectivity index (χ1n) is 10.0. The molecule has 0 unspecified atom stereocenters. The zero-order chi connectivity index (χ0) is 20.5. The van der Waals surface area contributed by atoms with Gasteiger partial charge in [-0.2, -0.15) is 0 Å². The van der Waals surface area contributed by atoms with Crippen LogP contribution in [0.5, 0.6) is 5.75 Å². The van der Waals surface area contributed by atoms with Crippen molar-refractivity contribution < 1.29 is 9.53 Å². The number of amides is 1. The lowest BCUT2D eigenvalue weighted by atomic mass is 10.1. The number of pyridine rings is 1. The third-order valence-electron chi connectivity index (χ3n) is 4.40. The Morgan fingerprint density at radius 3 is 2.79 bits per heavy atom. The number of ether oxygens (including phenoxy) is 1. The maximum absolute atomic E-state index is 12.6. The van der Waals surface area contributed by atoms with Crippen molar-refractivity contribution in [3.8, 4) is 17.6 Å². The molecule has 148 valence electrons. The summed E-state index contributed by atoms with van der Waals surface area (Å²) in [7, 11) is 0. The van der Waals surface area contributed by atoms with Crippen molar-refractivity contribution in [1.82, 2.24) is 4.98 Å². The summed E-state index contributed by atoms with van der Waals surface area (Å²) in [6.45, 7) is 4.69. The molecule has 1 amide bonds. The molecule has 3 rings (SSSR count). The molecule has 0 aliphatic carbocycles. The minimum atomic E-state index is -0.157. The van der Waals surface area contributed by atoms with E-state index in [1.807, 2.05) is 55.5 Å². The Morgan fingerprint density at radius 1 is 1.07 bits per heavy atom. The number of nitrogens with zero attached hydrogens (tertiary/aromatic N) is 1. The lowest BCUT2D eigenvalue weighted by molar-refractivity contribution is 0.102. The number of aromatic nitrogens is 1. The molecule has 0 radical (unpaired) electrons. The topological polar surface area (TPSA) is 51.2 Å². The molecular formula is C25H26N2O2. The lowest BCUT2D eigenvalue weighted by Crippen LogP contribution is -2.12. The summed E-state index contributed by atoms with van der Waals surface area (Å²) in [6, 6.07) is 16.9. The van der Waals surface area contributed by atoms with Gasteiger partial charge in [0, 0.05) is 41.2 Å². The maximum Gasteiger partial charge on any atom is 0.255 e. The summed E-state index contributed by atoms with van der Waals surface area (Å²) in [5.74, 6) is 6.87. The minimum absolute atomic E-state index is 0.157. The molecule has 1 aromatic heterocycles. The first-order chi connectivity index (χ1) is 14.2. The minimum Gasteiger partial charge on any atom is -0.493 e. The van der Waals surface area contributed by atoms with Crippen molar-refractivity contribution in [2.45, 2.75) is 39.5 Å². The van der Waals surface area contributed by atoms with E-state index < -0.39 is 0 Å². The second-order valence-electron chi connectivity index (χ2n) is 6.90. The van der Waals surface area contributed by atoms with E-state index in [1.54, 1.807) is 6.07 Å². The Kier molecular flexibility index (Phi) is 7.24. The van der Waals surface area contributed by atoms with Gasteiger partial charge in [0.25, 0.3) is 5.91 Å². The van der Waals surface area contributed by atoms with Crippen molar-refractivity contribution in [3.05, 3.63) is 65.9 Å². The zero-order valence-electron chi connectivity index (χ0n) is 17.0. The van der Waals surface area contributed by atoms with Gasteiger partial charge in [-0.25, -0.2) is 0 Å². The molecule has 4 heteroatoms. The summed E-state index contributed by atoms with van der Waals surface area (Å²) in [6.07, 6.45) is 3.78. The van der Waals surface area contributed by atoms with Gasteiger partial charge in [-0.05, 0) is 56.2 Å². The lowest BCUT2D eigenvalue weighted by Gasteiger charge is -2.09. The Hall–Kier alpha value is -3.32. The number of aryl methyl sites for hydroxylation is 1. The Labute approximate surface area is 172 Å². The van der Waals surface area contributed by atoms with E-state index in [9.17, 15) is 4.79 Å². The SMILES string of the molecule is CCCC#CCCCOc1cccc(NC(=O)c2ccc3nc(C)ccc3c2)c1. The Bertz CT molecular complexity index is 1050. The van der Waals surface area contributed by atoms with Crippen LogP contribution in [0.4, 0.5) is 5.69 Å². The van der Waals surface area contributed by atoms with Crippen molar-refractivity contribution in [2.24, 2.45) is 0 Å². The predicted molar refractivity (Wildman–Crippen MR) is 118 cm³/mol. The van der Waals surface area contributed by atoms with E-state index >= 15 is 0 Å². The quantitative estimate of drug-likeness (QED) is 0.415. The normalized spacial score (nSPS) is 10.3. The Balaban J connectivity index is 1.57. The number of hydrogen-bond donors (Lipinski definition) is 1. The number of anilines is 1. The molecule has 0 atom stereocenters. The third kappa shape index (κ3) is 6.08. The summed E-state index contributed by atoms with van der Waals surface area (Å²) < 4.78 is 5.78. The second kappa shape index (κ2) is 10.3. The van der Waals surface area contributed by atoms with Gasteiger partial charge in [0.05, 0.1) is 12.1 Å². The van der Waals surface area contributed by atoms with Crippen LogP contribution >= 0.6 is 0 Å². The van der Waals surface area contributed by atoms with Crippen LogP contribution in [0.25, 0.3) is 10.9 Å². The second-order valence-corrected chi connectivity index (χ2v) is 6.90. The number of carbonyl (C=O) groups excluding carboxylic acids is 1. The molecule has 0 saturated heterocycles. The van der Waals surface area contributed by atoms with Gasteiger partial charge in [0.1, 0.15) is 5.75 Å². The number of rotatable bonds is 7. The van der Waals surface area contributed by atoms with Crippen molar-refractivity contribution in [2.75, 3.05) is 11.9 Å². The predicted octanol–water partition coefficient (Wildman–Crippen LogP) is 5.76. The molecule has 0 bridgehead atoms. The summed E-state index contributed by atoms with van der Waals surface area (Å²) >= 11 is 0. The molecule has 1 heterocycles. The fourth-order valence-corrected chi connectivity index (χ4v) is 2.89. The van der Waals surface area contributed by atoms with Crippen LogP contribution in [0.3, 0.4) is 0 Å². The average Bonchev–Trinajstić information content (AvgIpc) is 2.73. The van der Waals surface area contributed by atoms with Gasteiger partial charge in [-0.3, -0.25) is 9.78 Å². The van der Waals surface area contributed by atoms with E-state index in [0.717, 1.165) is 48.0 Å². The Morgan fingerprint density at radius 2 is 1.93 bits per heavy atom. The van der Waals surface area contributed by atoms with Gasteiger partial charge >= 0.3 is 0 Å². The van der Waals surface area contributed by atoms with Crippen LogP contribution in [0, 0.1) is 18.8 Å². The van der Waals surface area contributed by atoms with E-state index in [1.165, 1.54) is 0 Å². The van der Waals surface area contributed by atoms with Crippen LogP contribution in [0.1, 0.15) is 48.7 Å². The summed E-state index contributed by atoms with van der Waals surface area (Å²) in [4.78, 5) is 17.1. The molecule has 0 spiro atoms. The highest BCUT2D eigenvalue weighted by Crippen LogP contribution is 2.20. The first-order valence-corrected chi connectivity index (χ1v) is 10.0. The molecule has 2 aromatic carbocycles. The molecule has 0 aliphatic heterocycles. The van der Waals surface area contributed by atoms with Crippen molar-refractivity contribution in [1.29, 1.82) is 0 Å². The van der Waals surface area contributed by atoms with Crippen LogP contribution < -0.4 is 10.1 Å². The van der Waals surface area contributed by atoms with E-state index in [-0.39, 0.29) is 5.91 Å². The first kappa shape index (κ1) is 20.4. The van der Waals surface area contributed by atoms with Gasteiger partial charge in [0.15, 0.2) is 0 Å². The third-order valence-corrected chi connectivity index (χ3v) is 4.40. The molecule has 29 heavy (non-hydrogen) atoms. The monoisotopic (exact) mass is 386 g/mol. The smallest absolute Gasteiger partial charge is 0.255 e. The summed E-state index contributed by atoms with van der Waals surface area (Å²) in [5.41, 5.74) is 3.15. The highest BCUT2D eigenvalue weighted by atomic mass is 16.5. The highest BCUT2D eigenvalue weighted by molar-refractivity contribution is 6.06. The fourth-order valence-electron chi connectivity index (χ4n) is 2.89. The molecule has 1 N–H and O–H groups in total.